The van der Waals surface area contributed by atoms with Gasteiger partial charge in [0.2, 0.25) is 0 Å². The molecule has 1 heterocycles. The summed E-state index contributed by atoms with van der Waals surface area (Å²) in [5.74, 6) is 6.21. The number of nitrogens with zero attached hydrogens (tertiary/aromatic N) is 1. The highest BCUT2D eigenvalue weighted by Gasteiger charge is 2.17. The van der Waals surface area contributed by atoms with Crippen LogP contribution in [-0.2, 0) is 0 Å². The van der Waals surface area contributed by atoms with Gasteiger partial charge in [-0.25, -0.2) is 4.68 Å². The van der Waals surface area contributed by atoms with E-state index in [0.29, 0.717) is 16.3 Å². The Hall–Kier alpha value is -3.30. The highest BCUT2D eigenvalue weighted by atomic mass is 35.5. The quantitative estimate of drug-likeness (QED) is 0.501. The van der Waals surface area contributed by atoms with Crippen LogP contribution in [0.15, 0.2) is 95.8 Å². The fourth-order valence-electron chi connectivity index (χ4n) is 3.20. The first-order valence-electron chi connectivity index (χ1n) is 8.57. The molecule has 0 aliphatic carbocycles. The van der Waals surface area contributed by atoms with Crippen molar-refractivity contribution in [1.82, 2.24) is 4.68 Å². The second kappa shape index (κ2) is 7.14. The third kappa shape index (κ3) is 3.25. The van der Waals surface area contributed by atoms with Crippen molar-refractivity contribution in [1.29, 1.82) is 0 Å². The summed E-state index contributed by atoms with van der Waals surface area (Å²) in [6, 6.07) is 28.7. The Labute approximate surface area is 162 Å². The van der Waals surface area contributed by atoms with Gasteiger partial charge < -0.3 is 5.84 Å². The molecule has 4 rings (SSSR count). The van der Waals surface area contributed by atoms with E-state index in [9.17, 15) is 4.79 Å². The van der Waals surface area contributed by atoms with E-state index in [1.165, 1.54) is 4.68 Å². The van der Waals surface area contributed by atoms with Crippen LogP contribution in [0.4, 0.5) is 0 Å². The largest absolute Gasteiger partial charge is 0.336 e. The van der Waals surface area contributed by atoms with E-state index >= 15 is 0 Å². The summed E-state index contributed by atoms with van der Waals surface area (Å²) in [4.78, 5) is 13.2. The topological polar surface area (TPSA) is 48.0 Å². The monoisotopic (exact) mass is 372 g/mol. The minimum Gasteiger partial charge on any atom is -0.336 e. The number of hydrogen-bond acceptors (Lipinski definition) is 2. The molecule has 0 saturated carbocycles. The molecule has 0 bridgehead atoms. The van der Waals surface area contributed by atoms with Gasteiger partial charge in [0.15, 0.2) is 0 Å². The lowest BCUT2D eigenvalue weighted by Gasteiger charge is -2.16. The summed E-state index contributed by atoms with van der Waals surface area (Å²) >= 11 is 6.00. The number of hydrogen-bond donors (Lipinski definition) is 1. The number of nitrogens with two attached hydrogens (primary N) is 1. The smallest absolute Gasteiger partial charge is 0.277 e. The fourth-order valence-corrected chi connectivity index (χ4v) is 3.32. The molecule has 0 aliphatic rings. The molecule has 27 heavy (non-hydrogen) atoms. The summed E-state index contributed by atoms with van der Waals surface area (Å²) in [7, 11) is 0. The first-order chi connectivity index (χ1) is 13.1. The van der Waals surface area contributed by atoms with Crippen LogP contribution in [0.1, 0.15) is 0 Å². The van der Waals surface area contributed by atoms with E-state index in [0.717, 1.165) is 22.3 Å². The molecule has 0 radical (unpaired) electrons. The van der Waals surface area contributed by atoms with Crippen molar-refractivity contribution < 1.29 is 0 Å². The van der Waals surface area contributed by atoms with Crippen LogP contribution < -0.4 is 11.4 Å². The molecule has 1 aromatic heterocycles. The van der Waals surface area contributed by atoms with E-state index in [1.54, 1.807) is 12.1 Å². The van der Waals surface area contributed by atoms with Gasteiger partial charge in [0.25, 0.3) is 5.56 Å². The minimum atomic E-state index is -0.243. The van der Waals surface area contributed by atoms with Gasteiger partial charge in [0.1, 0.15) is 0 Å². The van der Waals surface area contributed by atoms with Gasteiger partial charge >= 0.3 is 0 Å². The van der Waals surface area contributed by atoms with Crippen molar-refractivity contribution in [2.24, 2.45) is 0 Å². The van der Waals surface area contributed by atoms with Crippen LogP contribution in [0.5, 0.6) is 0 Å². The first-order valence-corrected chi connectivity index (χ1v) is 8.95. The first kappa shape index (κ1) is 17.1. The summed E-state index contributed by atoms with van der Waals surface area (Å²) in [5, 5.41) is 0.633. The molecule has 3 nitrogen and oxygen atoms in total. The number of halogens is 1. The van der Waals surface area contributed by atoms with Crippen molar-refractivity contribution in [2.75, 3.05) is 5.84 Å². The molecule has 0 spiro atoms. The van der Waals surface area contributed by atoms with Gasteiger partial charge in [-0.2, -0.15) is 0 Å². The maximum atomic E-state index is 13.2. The average Bonchev–Trinajstić information content (AvgIpc) is 2.72. The number of benzene rings is 3. The average molecular weight is 373 g/mol. The predicted octanol–water partition coefficient (Wildman–Crippen LogP) is 5.22. The zero-order valence-electron chi connectivity index (χ0n) is 14.5. The lowest BCUT2D eigenvalue weighted by molar-refractivity contribution is 0.951. The molecular formula is C23H17ClN2O. The van der Waals surface area contributed by atoms with Gasteiger partial charge in [-0.3, -0.25) is 4.79 Å². The Morgan fingerprint density at radius 2 is 1.26 bits per heavy atom. The van der Waals surface area contributed by atoms with E-state index < -0.39 is 0 Å². The van der Waals surface area contributed by atoms with Crippen LogP contribution in [0.25, 0.3) is 33.5 Å². The molecule has 132 valence electrons. The van der Waals surface area contributed by atoms with E-state index in [2.05, 4.69) is 0 Å². The van der Waals surface area contributed by atoms with Crippen molar-refractivity contribution in [3.05, 3.63) is 106 Å². The Morgan fingerprint density at radius 3 is 1.85 bits per heavy atom. The van der Waals surface area contributed by atoms with Crippen LogP contribution in [0.3, 0.4) is 0 Å². The van der Waals surface area contributed by atoms with Crippen LogP contribution in [0, 0.1) is 0 Å². The van der Waals surface area contributed by atoms with Gasteiger partial charge in [-0.15, -0.1) is 0 Å². The molecular weight excluding hydrogens is 356 g/mol. The number of rotatable bonds is 3. The second-order valence-electron chi connectivity index (χ2n) is 6.23. The molecule has 0 fully saturated rings. The Kier molecular flexibility index (Phi) is 4.53. The number of nitrogen functional groups attached to an aromatic ring is 1. The Balaban J connectivity index is 2.04. The number of aromatic nitrogens is 1. The molecule has 4 aromatic rings. The molecule has 0 amide bonds. The number of pyridine rings is 1. The van der Waals surface area contributed by atoms with Crippen LogP contribution in [0.2, 0.25) is 5.02 Å². The molecule has 0 atom stereocenters. The lowest BCUT2D eigenvalue weighted by Crippen LogP contribution is -2.30. The zero-order chi connectivity index (χ0) is 18.8. The van der Waals surface area contributed by atoms with Gasteiger partial charge in [0, 0.05) is 10.6 Å². The maximum Gasteiger partial charge on any atom is 0.277 e. The van der Waals surface area contributed by atoms with E-state index in [1.807, 2.05) is 78.9 Å². The van der Waals surface area contributed by atoms with Crippen LogP contribution in [-0.4, -0.2) is 4.68 Å². The summed E-state index contributed by atoms with van der Waals surface area (Å²) in [5.41, 5.74) is 4.45. The third-order valence-corrected chi connectivity index (χ3v) is 4.78. The highest BCUT2D eigenvalue weighted by molar-refractivity contribution is 6.30. The second-order valence-corrected chi connectivity index (χ2v) is 6.67. The highest BCUT2D eigenvalue weighted by Crippen LogP contribution is 2.32. The molecule has 4 heteroatoms. The van der Waals surface area contributed by atoms with Gasteiger partial charge in [-0.1, -0.05) is 84.4 Å². The SMILES string of the molecule is Nn1c(-c2ccc(Cl)cc2)cc(-c2ccccc2)c(-c2ccccc2)c1=O. The summed E-state index contributed by atoms with van der Waals surface area (Å²) in [6.07, 6.45) is 0. The maximum absolute atomic E-state index is 13.2. The standard InChI is InChI=1S/C23H17ClN2O/c24-19-13-11-17(12-14-19)21-15-20(16-7-3-1-4-8-16)22(23(27)26(21)25)18-9-5-2-6-10-18/h1-15H,25H2. The normalized spacial score (nSPS) is 10.7. The summed E-state index contributed by atoms with van der Waals surface area (Å²) in [6.45, 7) is 0. The van der Waals surface area contributed by atoms with Gasteiger partial charge in [0.05, 0.1) is 11.3 Å². The third-order valence-electron chi connectivity index (χ3n) is 4.53. The van der Waals surface area contributed by atoms with Crippen molar-refractivity contribution in [3.63, 3.8) is 0 Å². The Morgan fingerprint density at radius 1 is 0.704 bits per heavy atom. The fraction of sp³-hybridized carbons (Fsp3) is 0. The van der Waals surface area contributed by atoms with E-state index in [4.69, 9.17) is 17.4 Å². The van der Waals surface area contributed by atoms with Gasteiger partial charge in [-0.05, 0) is 34.9 Å². The molecule has 2 N–H and O–H groups in total. The summed E-state index contributed by atoms with van der Waals surface area (Å²) < 4.78 is 1.21. The molecule has 3 aromatic carbocycles. The predicted molar refractivity (Wildman–Crippen MR) is 112 cm³/mol. The minimum absolute atomic E-state index is 0.243. The van der Waals surface area contributed by atoms with Crippen molar-refractivity contribution >= 4 is 11.6 Å². The lowest BCUT2D eigenvalue weighted by atomic mass is 9.94. The zero-order valence-corrected chi connectivity index (χ0v) is 15.2. The molecule has 0 unspecified atom stereocenters. The Bertz CT molecular complexity index is 1130. The van der Waals surface area contributed by atoms with Crippen molar-refractivity contribution in [3.8, 4) is 33.5 Å². The van der Waals surface area contributed by atoms with Crippen LogP contribution >= 0.6 is 11.6 Å². The van der Waals surface area contributed by atoms with E-state index in [-0.39, 0.29) is 5.56 Å². The molecule has 0 aliphatic heterocycles. The van der Waals surface area contributed by atoms with Crippen molar-refractivity contribution in [2.45, 2.75) is 0 Å². The molecule has 0 saturated heterocycles.